The molecule has 0 unspecified atom stereocenters. The van der Waals surface area contributed by atoms with E-state index >= 15 is 0 Å². The van der Waals surface area contributed by atoms with Crippen LogP contribution >= 0.6 is 23.4 Å². The van der Waals surface area contributed by atoms with E-state index in [1.165, 1.54) is 42.2 Å². The van der Waals surface area contributed by atoms with E-state index < -0.39 is 5.60 Å². The number of halogens is 1. The molecule has 3 aromatic carbocycles. The lowest BCUT2D eigenvalue weighted by Gasteiger charge is -2.28. The van der Waals surface area contributed by atoms with Gasteiger partial charge in [-0.15, -0.1) is 0 Å². The number of carbonyl (C=O) groups excluding carboxylic acids is 1. The average molecular weight is 597 g/mol. The van der Waals surface area contributed by atoms with Crippen LogP contribution in [-0.2, 0) is 21.6 Å². The van der Waals surface area contributed by atoms with Gasteiger partial charge in [0, 0.05) is 22.6 Å². The van der Waals surface area contributed by atoms with Gasteiger partial charge in [0.05, 0.1) is 11.2 Å². The number of nitrogens with zero attached hydrogens (tertiary/aromatic N) is 1. The Morgan fingerprint density at radius 1 is 1.05 bits per heavy atom. The maximum Gasteiger partial charge on any atom is 0.316 e. The molecule has 0 saturated heterocycles. The highest BCUT2D eigenvalue weighted by molar-refractivity contribution is 7.99. The van der Waals surface area contributed by atoms with Crippen LogP contribution in [0.5, 0.6) is 0 Å². The van der Waals surface area contributed by atoms with Crippen molar-refractivity contribution in [3.8, 4) is 0 Å². The molecule has 1 aliphatic rings. The molecule has 1 atom stereocenters. The fourth-order valence-corrected chi connectivity index (χ4v) is 6.78. The number of benzene rings is 3. The first-order valence-electron chi connectivity index (χ1n) is 14.0. The summed E-state index contributed by atoms with van der Waals surface area (Å²) in [7, 11) is 0. The Hall–Kier alpha value is -2.31. The molecular weight excluding hydrogens is 558 g/mol. The Morgan fingerprint density at radius 3 is 2.61 bits per heavy atom. The third-order valence-electron chi connectivity index (χ3n) is 7.38. The van der Waals surface area contributed by atoms with Crippen molar-refractivity contribution in [2.75, 3.05) is 5.75 Å². The predicted octanol–water partition coefficient (Wildman–Crippen LogP) is 8.76. The minimum atomic E-state index is -0.661. The molecule has 6 heteroatoms. The van der Waals surface area contributed by atoms with E-state index in [0.29, 0.717) is 10.3 Å². The highest BCUT2D eigenvalue weighted by atomic mass is 35.5. The third kappa shape index (κ3) is 8.84. The van der Waals surface area contributed by atoms with Crippen molar-refractivity contribution < 1.29 is 9.53 Å². The number of thioether (sulfide) groups is 1. The second-order valence-electron chi connectivity index (χ2n) is 11.1. The zero-order valence-corrected chi connectivity index (χ0v) is 25.0. The van der Waals surface area contributed by atoms with E-state index in [1.807, 2.05) is 44.2 Å². The van der Waals surface area contributed by atoms with Crippen LogP contribution < -0.4 is 0 Å². The Morgan fingerprint density at radius 2 is 1.83 bits per heavy atom. The van der Waals surface area contributed by atoms with Crippen molar-refractivity contribution in [1.29, 1.82) is 0 Å². The molecule has 210 valence electrons. The van der Waals surface area contributed by atoms with Gasteiger partial charge in [-0.2, -0.15) is 11.8 Å². The van der Waals surface area contributed by atoms with Gasteiger partial charge in [-0.05, 0) is 97.7 Å². The zero-order chi connectivity index (χ0) is 28.1. The van der Waals surface area contributed by atoms with Gasteiger partial charge in [-0.25, -0.2) is 4.98 Å². The molecule has 1 aliphatic carbocycles. The number of hydrogen-bond donors (Lipinski definition) is 0. The highest BCUT2D eigenvalue weighted by Crippen LogP contribution is 2.41. The number of carbonyl (C=O) groups is 1. The summed E-state index contributed by atoms with van der Waals surface area (Å²) in [5.41, 5.74) is 5.98. The van der Waals surface area contributed by atoms with Crippen LogP contribution in [0.25, 0.3) is 23.1 Å². The van der Waals surface area contributed by atoms with Gasteiger partial charge in [0.1, 0.15) is 5.60 Å². The molecule has 0 amide bonds. The van der Waals surface area contributed by atoms with Gasteiger partial charge in [0.15, 0.2) is 0 Å². The molecule has 1 aromatic heterocycles. The summed E-state index contributed by atoms with van der Waals surface area (Å²) < 4.78 is 5.69. The van der Waals surface area contributed by atoms with Crippen molar-refractivity contribution in [3.63, 3.8) is 0 Å². The fraction of sp³-hybridized carbons (Fsp3) is 0.314. The van der Waals surface area contributed by atoms with Crippen molar-refractivity contribution in [2.45, 2.75) is 57.3 Å². The number of aryl methyl sites for hydroxylation is 1. The third-order valence-corrected chi connectivity index (χ3v) is 9.18. The fourth-order valence-electron chi connectivity index (χ4n) is 5.15. The minimum Gasteiger partial charge on any atom is -0.455 e. The minimum absolute atomic E-state index is 0. The maximum atomic E-state index is 11.8. The molecule has 1 heterocycles. The molecule has 0 radical (unpaired) electrons. The second kappa shape index (κ2) is 14.2. The lowest BCUT2D eigenvalue weighted by atomic mass is 9.90. The SMILES string of the molecule is CC(=O)OC(C)(C)c1ccccc1CC[C@@H](SCC1CC1)c1cccc(C=Cc2ccc3ccc(Cl)cc3n2)c1.[MgH2]. The molecule has 1 fully saturated rings. The van der Waals surface area contributed by atoms with Crippen molar-refractivity contribution in [3.05, 3.63) is 112 Å². The monoisotopic (exact) mass is 595 g/mol. The Kier molecular flexibility index (Phi) is 11.0. The first-order valence-corrected chi connectivity index (χ1v) is 15.4. The van der Waals surface area contributed by atoms with E-state index in [0.717, 1.165) is 40.9 Å². The van der Waals surface area contributed by atoms with Crippen LogP contribution in [0, 0.1) is 5.92 Å². The first-order chi connectivity index (χ1) is 19.3. The summed E-state index contributed by atoms with van der Waals surface area (Å²) in [6.07, 6.45) is 8.86. The van der Waals surface area contributed by atoms with Crippen molar-refractivity contribution >= 4 is 75.4 Å². The highest BCUT2D eigenvalue weighted by Gasteiger charge is 2.27. The normalized spacial score (nSPS) is 14.1. The molecule has 4 aromatic rings. The van der Waals surface area contributed by atoms with Gasteiger partial charge >= 0.3 is 29.0 Å². The molecule has 0 N–H and O–H groups in total. The molecule has 41 heavy (non-hydrogen) atoms. The smallest absolute Gasteiger partial charge is 0.316 e. The Bertz CT molecular complexity index is 1530. The number of esters is 1. The summed E-state index contributed by atoms with van der Waals surface area (Å²) in [5.74, 6) is 1.80. The van der Waals surface area contributed by atoms with Crippen LogP contribution in [0.4, 0.5) is 0 Å². The number of aromatic nitrogens is 1. The number of rotatable bonds is 11. The van der Waals surface area contributed by atoms with E-state index in [4.69, 9.17) is 21.3 Å². The molecule has 5 rings (SSSR count). The van der Waals surface area contributed by atoms with Crippen LogP contribution in [0.3, 0.4) is 0 Å². The van der Waals surface area contributed by atoms with Crippen LogP contribution in [0.1, 0.15) is 73.2 Å². The topological polar surface area (TPSA) is 39.2 Å². The average Bonchev–Trinajstić information content (AvgIpc) is 3.76. The van der Waals surface area contributed by atoms with E-state index in [2.05, 4.69) is 72.4 Å². The number of hydrogen-bond acceptors (Lipinski definition) is 4. The van der Waals surface area contributed by atoms with Gasteiger partial charge in [0.2, 0.25) is 0 Å². The molecule has 1 saturated carbocycles. The summed E-state index contributed by atoms with van der Waals surface area (Å²) in [6.45, 7) is 5.42. The van der Waals surface area contributed by atoms with Crippen LogP contribution in [-0.4, -0.2) is 39.8 Å². The lowest BCUT2D eigenvalue weighted by Crippen LogP contribution is -2.25. The summed E-state index contributed by atoms with van der Waals surface area (Å²) >= 11 is 8.26. The van der Waals surface area contributed by atoms with Crippen LogP contribution in [0.15, 0.2) is 78.9 Å². The molecule has 3 nitrogen and oxygen atoms in total. The van der Waals surface area contributed by atoms with Gasteiger partial charge in [-0.3, -0.25) is 4.79 Å². The van der Waals surface area contributed by atoms with E-state index in [1.54, 1.807) is 0 Å². The molecule has 0 bridgehead atoms. The van der Waals surface area contributed by atoms with Crippen molar-refractivity contribution in [2.24, 2.45) is 5.92 Å². The van der Waals surface area contributed by atoms with Gasteiger partial charge < -0.3 is 4.74 Å². The largest absolute Gasteiger partial charge is 0.455 e. The second-order valence-corrected chi connectivity index (χ2v) is 12.8. The first kappa shape index (κ1) is 31.6. The van der Waals surface area contributed by atoms with Crippen molar-refractivity contribution in [1.82, 2.24) is 4.98 Å². The number of fused-ring (bicyclic) bond motifs is 1. The van der Waals surface area contributed by atoms with E-state index in [-0.39, 0.29) is 29.0 Å². The summed E-state index contributed by atoms with van der Waals surface area (Å²) in [4.78, 5) is 16.5. The van der Waals surface area contributed by atoms with Gasteiger partial charge in [-0.1, -0.05) is 78.3 Å². The van der Waals surface area contributed by atoms with E-state index in [9.17, 15) is 4.79 Å². The summed E-state index contributed by atoms with van der Waals surface area (Å²) in [6, 6.07) is 27.2. The number of pyridine rings is 1. The molecular formula is C35H38ClMgNO2S. The van der Waals surface area contributed by atoms with Crippen LogP contribution in [0.2, 0.25) is 5.02 Å². The quantitative estimate of drug-likeness (QED) is 0.128. The predicted molar refractivity (Wildman–Crippen MR) is 178 cm³/mol. The maximum absolute atomic E-state index is 11.8. The molecule has 0 aliphatic heterocycles. The lowest BCUT2D eigenvalue weighted by molar-refractivity contribution is -0.154. The standard InChI is InChI=1S/C35H36ClNO2S.Mg.2H/c1-24(38)39-35(2,3)32-10-5-4-8-27(32)16-20-34(40-23-26-11-12-26)29-9-6-7-25(21-29)13-18-31-19-15-28-14-17-30(36)22-33(28)37-31;;;/h4-10,13-15,17-19,21-22,26,34H,11-12,16,20,23H2,1-3H3;;;/t34-;;;/m1.../s1. The Balaban J connectivity index is 0.00000387. The number of ether oxygens (including phenoxy) is 1. The molecule has 0 spiro atoms. The zero-order valence-electron chi connectivity index (χ0n) is 23.4. The summed E-state index contributed by atoms with van der Waals surface area (Å²) in [5, 5.41) is 2.16. The van der Waals surface area contributed by atoms with Gasteiger partial charge in [0.25, 0.3) is 0 Å². The Labute approximate surface area is 269 Å².